The van der Waals surface area contributed by atoms with Crippen molar-refractivity contribution < 1.29 is 0 Å². The van der Waals surface area contributed by atoms with Crippen molar-refractivity contribution in [1.29, 1.82) is 0 Å². The van der Waals surface area contributed by atoms with Crippen LogP contribution in [0.3, 0.4) is 0 Å². The van der Waals surface area contributed by atoms with Gasteiger partial charge in [0, 0.05) is 38.4 Å². The van der Waals surface area contributed by atoms with Crippen LogP contribution < -0.4 is 5.32 Å². The minimum Gasteiger partial charge on any atom is -0.314 e. The molecule has 1 N–H and O–H groups in total. The van der Waals surface area contributed by atoms with Gasteiger partial charge in [0.05, 0.1) is 11.7 Å². The van der Waals surface area contributed by atoms with Crippen molar-refractivity contribution in [2.45, 2.75) is 38.3 Å². The van der Waals surface area contributed by atoms with Gasteiger partial charge in [-0.2, -0.15) is 0 Å². The van der Waals surface area contributed by atoms with E-state index >= 15 is 0 Å². The lowest BCUT2D eigenvalue weighted by atomic mass is 10.0. The molecule has 0 aromatic carbocycles. The Labute approximate surface area is 128 Å². The van der Waals surface area contributed by atoms with Crippen LogP contribution in [0.25, 0.3) is 0 Å². The predicted octanol–water partition coefficient (Wildman–Crippen LogP) is 1.90. The number of hydrogen-bond acceptors (Lipinski definition) is 4. The predicted molar refractivity (Wildman–Crippen MR) is 86.3 cm³/mol. The average Bonchev–Trinajstić information content (AvgIpc) is 2.55. The van der Waals surface area contributed by atoms with Gasteiger partial charge < -0.3 is 10.2 Å². The maximum absolute atomic E-state index is 4.67. The summed E-state index contributed by atoms with van der Waals surface area (Å²) in [5, 5.41) is 3.50. The fraction of sp³-hybridized carbons (Fsp3) is 0.706. The third kappa shape index (κ3) is 3.82. The lowest BCUT2D eigenvalue weighted by Crippen LogP contribution is -2.53. The van der Waals surface area contributed by atoms with Crippen molar-refractivity contribution in [3.8, 4) is 0 Å². The smallest absolute Gasteiger partial charge is 0.0652 e. The molecule has 2 unspecified atom stereocenters. The number of likely N-dealkylation sites (tertiary alicyclic amines) is 1. The summed E-state index contributed by atoms with van der Waals surface area (Å²) in [6.45, 7) is 9.26. The first-order valence-electron chi connectivity index (χ1n) is 8.44. The second kappa shape index (κ2) is 7.34. The highest BCUT2D eigenvalue weighted by molar-refractivity contribution is 5.10. The first-order chi connectivity index (χ1) is 10.3. The minimum atomic E-state index is 0.432. The van der Waals surface area contributed by atoms with Crippen LogP contribution in [-0.4, -0.2) is 60.1 Å². The molecule has 2 saturated heterocycles. The molecule has 0 amide bonds. The zero-order chi connectivity index (χ0) is 14.5. The second-order valence-electron chi connectivity index (χ2n) is 6.42. The maximum atomic E-state index is 4.67. The van der Waals surface area contributed by atoms with E-state index in [2.05, 4.69) is 39.2 Å². The normalized spacial score (nSPS) is 26.6. The molecule has 1 aromatic rings. The number of nitrogens with one attached hydrogen (secondary N) is 1. The fourth-order valence-electron chi connectivity index (χ4n) is 3.65. The fourth-order valence-corrected chi connectivity index (χ4v) is 3.65. The molecule has 2 aliphatic rings. The third-order valence-corrected chi connectivity index (χ3v) is 4.86. The number of hydrogen-bond donors (Lipinski definition) is 1. The molecule has 0 bridgehead atoms. The summed E-state index contributed by atoms with van der Waals surface area (Å²) in [6, 6.07) is 7.35. The summed E-state index contributed by atoms with van der Waals surface area (Å²) in [6.07, 6.45) is 6.04. The number of nitrogens with zero attached hydrogens (tertiary/aromatic N) is 3. The molecule has 2 aliphatic heterocycles. The zero-order valence-corrected chi connectivity index (χ0v) is 13.2. The van der Waals surface area contributed by atoms with Crippen molar-refractivity contribution >= 4 is 0 Å². The van der Waals surface area contributed by atoms with Gasteiger partial charge in [-0.25, -0.2) is 0 Å². The van der Waals surface area contributed by atoms with Gasteiger partial charge in [-0.05, 0) is 45.0 Å². The molecule has 3 heterocycles. The Morgan fingerprint density at radius 3 is 2.81 bits per heavy atom. The molecule has 0 radical (unpaired) electrons. The summed E-state index contributed by atoms with van der Waals surface area (Å²) >= 11 is 0. The number of piperazine rings is 1. The van der Waals surface area contributed by atoms with Crippen LogP contribution in [0.5, 0.6) is 0 Å². The Balaban J connectivity index is 1.76. The quantitative estimate of drug-likeness (QED) is 0.917. The molecule has 0 aliphatic carbocycles. The molecule has 21 heavy (non-hydrogen) atoms. The van der Waals surface area contributed by atoms with Gasteiger partial charge in [-0.3, -0.25) is 9.88 Å². The third-order valence-electron chi connectivity index (χ3n) is 4.86. The van der Waals surface area contributed by atoms with Crippen LogP contribution in [-0.2, 0) is 0 Å². The lowest BCUT2D eigenvalue weighted by molar-refractivity contribution is 0.0758. The van der Waals surface area contributed by atoms with E-state index in [1.807, 2.05) is 12.3 Å². The number of rotatable bonds is 4. The van der Waals surface area contributed by atoms with Gasteiger partial charge >= 0.3 is 0 Å². The highest BCUT2D eigenvalue weighted by Gasteiger charge is 2.29. The molecule has 0 spiro atoms. The summed E-state index contributed by atoms with van der Waals surface area (Å²) in [5.41, 5.74) is 1.23. The van der Waals surface area contributed by atoms with Gasteiger partial charge in [-0.15, -0.1) is 0 Å². The van der Waals surface area contributed by atoms with Crippen LogP contribution in [0.1, 0.15) is 37.9 Å². The van der Waals surface area contributed by atoms with E-state index < -0.39 is 0 Å². The van der Waals surface area contributed by atoms with E-state index in [0.29, 0.717) is 12.1 Å². The van der Waals surface area contributed by atoms with Crippen molar-refractivity contribution in [2.75, 3.05) is 39.3 Å². The summed E-state index contributed by atoms with van der Waals surface area (Å²) in [4.78, 5) is 9.95. The van der Waals surface area contributed by atoms with Crippen molar-refractivity contribution in [1.82, 2.24) is 20.1 Å². The monoisotopic (exact) mass is 288 g/mol. The highest BCUT2D eigenvalue weighted by Crippen LogP contribution is 2.24. The van der Waals surface area contributed by atoms with E-state index in [1.165, 1.54) is 38.0 Å². The van der Waals surface area contributed by atoms with Crippen molar-refractivity contribution in [3.05, 3.63) is 30.1 Å². The number of pyridine rings is 1. The van der Waals surface area contributed by atoms with Gasteiger partial charge in [0.2, 0.25) is 0 Å². The zero-order valence-electron chi connectivity index (χ0n) is 13.2. The molecule has 0 saturated carbocycles. The molecule has 2 fully saturated rings. The van der Waals surface area contributed by atoms with Crippen LogP contribution in [0, 0.1) is 0 Å². The van der Waals surface area contributed by atoms with E-state index in [0.717, 1.165) is 26.2 Å². The molecular formula is C17H28N4. The molecule has 1 aromatic heterocycles. The Bertz CT molecular complexity index is 416. The summed E-state index contributed by atoms with van der Waals surface area (Å²) < 4.78 is 0. The maximum Gasteiger partial charge on any atom is 0.0652 e. The summed E-state index contributed by atoms with van der Waals surface area (Å²) in [5.74, 6) is 0. The molecule has 3 rings (SSSR count). The molecular weight excluding hydrogens is 260 g/mol. The summed E-state index contributed by atoms with van der Waals surface area (Å²) in [7, 11) is 0. The second-order valence-corrected chi connectivity index (χ2v) is 6.42. The lowest BCUT2D eigenvalue weighted by Gasteiger charge is -2.42. The van der Waals surface area contributed by atoms with Gasteiger partial charge in [0.15, 0.2) is 0 Å². The molecule has 2 atom stereocenters. The topological polar surface area (TPSA) is 31.4 Å². The van der Waals surface area contributed by atoms with E-state index in [9.17, 15) is 0 Å². The van der Waals surface area contributed by atoms with Gasteiger partial charge in [0.25, 0.3) is 0 Å². The number of aromatic nitrogens is 1. The van der Waals surface area contributed by atoms with Crippen molar-refractivity contribution in [2.24, 2.45) is 0 Å². The van der Waals surface area contributed by atoms with Crippen molar-refractivity contribution in [3.63, 3.8) is 0 Å². The SMILES string of the molecule is CC1CNCCN1C(CN1CCCCC1)c1ccccn1. The van der Waals surface area contributed by atoms with Gasteiger partial charge in [0.1, 0.15) is 0 Å². The standard InChI is InChI=1S/C17H28N4/c1-15-13-18-9-12-21(15)17(16-7-3-4-8-19-16)14-20-10-5-2-6-11-20/h3-4,7-8,15,17-18H,2,5-6,9-14H2,1H3. The van der Waals surface area contributed by atoms with Crippen LogP contribution in [0.4, 0.5) is 0 Å². The van der Waals surface area contributed by atoms with Crippen LogP contribution in [0.2, 0.25) is 0 Å². The largest absolute Gasteiger partial charge is 0.314 e. The Hall–Kier alpha value is -0.970. The van der Waals surface area contributed by atoms with Crippen LogP contribution in [0.15, 0.2) is 24.4 Å². The Morgan fingerprint density at radius 2 is 2.10 bits per heavy atom. The first kappa shape index (κ1) is 14.9. The number of piperidine rings is 1. The van der Waals surface area contributed by atoms with E-state index in [4.69, 9.17) is 0 Å². The van der Waals surface area contributed by atoms with E-state index in [1.54, 1.807) is 0 Å². The Kier molecular flexibility index (Phi) is 5.22. The average molecular weight is 288 g/mol. The highest BCUT2D eigenvalue weighted by atomic mass is 15.3. The molecule has 4 nitrogen and oxygen atoms in total. The van der Waals surface area contributed by atoms with E-state index in [-0.39, 0.29) is 0 Å². The first-order valence-corrected chi connectivity index (χ1v) is 8.44. The molecule has 116 valence electrons. The Morgan fingerprint density at radius 1 is 1.24 bits per heavy atom. The van der Waals surface area contributed by atoms with Crippen LogP contribution >= 0.6 is 0 Å². The molecule has 4 heteroatoms. The minimum absolute atomic E-state index is 0.432. The van der Waals surface area contributed by atoms with Gasteiger partial charge in [-0.1, -0.05) is 12.5 Å².